The van der Waals surface area contributed by atoms with E-state index in [0.29, 0.717) is 17.5 Å². The maximum absolute atomic E-state index is 5.86. The molecule has 0 aliphatic heterocycles. The van der Waals surface area contributed by atoms with E-state index in [1.54, 1.807) is 6.08 Å². The Hall–Kier alpha value is -2.79. The van der Waals surface area contributed by atoms with Crippen molar-refractivity contribution in [2.45, 2.75) is 0 Å². The molecule has 5 heteroatoms. The van der Waals surface area contributed by atoms with E-state index < -0.39 is 0 Å². The topological polar surface area (TPSA) is 40.4 Å². The molecule has 0 aliphatic carbocycles. The highest BCUT2D eigenvalue weighted by Crippen LogP contribution is 2.24. The van der Waals surface area contributed by atoms with Crippen molar-refractivity contribution >= 4 is 39.9 Å². The molecule has 0 fully saturated rings. The lowest BCUT2D eigenvalue weighted by molar-refractivity contribution is 0.581. The van der Waals surface area contributed by atoms with Gasteiger partial charge in [0.1, 0.15) is 5.58 Å². The van der Waals surface area contributed by atoms with Crippen LogP contribution in [-0.2, 0) is 0 Å². The predicted molar refractivity (Wildman–Crippen MR) is 99.6 cm³/mol. The number of fused-ring (bicyclic) bond motifs is 1. The van der Waals surface area contributed by atoms with Gasteiger partial charge in [0.25, 0.3) is 0 Å². The van der Waals surface area contributed by atoms with Crippen LogP contribution in [0.5, 0.6) is 0 Å². The van der Waals surface area contributed by atoms with E-state index in [2.05, 4.69) is 17.3 Å². The maximum atomic E-state index is 5.86. The van der Waals surface area contributed by atoms with Crippen LogP contribution in [0.1, 0.15) is 0 Å². The SMILES string of the molecule is C=CCN(NC(=S)Nc1ccccc1)c1cc2ccccc2o1. The molecule has 3 rings (SSSR count). The first-order valence-electron chi connectivity index (χ1n) is 7.26. The summed E-state index contributed by atoms with van der Waals surface area (Å²) in [7, 11) is 0. The van der Waals surface area contributed by atoms with E-state index in [1.165, 1.54) is 0 Å². The minimum atomic E-state index is 0.485. The van der Waals surface area contributed by atoms with Gasteiger partial charge in [-0.2, -0.15) is 0 Å². The van der Waals surface area contributed by atoms with Crippen molar-refractivity contribution in [3.05, 3.63) is 73.3 Å². The number of nitrogens with zero attached hydrogens (tertiary/aromatic N) is 1. The number of thiocarbonyl (C=S) groups is 1. The molecule has 0 aliphatic rings. The number of hydrazine groups is 1. The van der Waals surface area contributed by atoms with Gasteiger partial charge in [-0.1, -0.05) is 42.5 Å². The molecular weight excluding hydrogens is 306 g/mol. The molecule has 2 N–H and O–H groups in total. The van der Waals surface area contributed by atoms with Gasteiger partial charge in [-0.25, -0.2) is 0 Å². The Kier molecular flexibility index (Phi) is 4.59. The number of hydrogen-bond donors (Lipinski definition) is 2. The molecule has 0 bridgehead atoms. The number of para-hydroxylation sites is 2. The molecule has 0 spiro atoms. The highest BCUT2D eigenvalue weighted by atomic mass is 32.1. The monoisotopic (exact) mass is 323 g/mol. The summed E-state index contributed by atoms with van der Waals surface area (Å²) < 4.78 is 5.86. The van der Waals surface area contributed by atoms with Crippen molar-refractivity contribution in [3.8, 4) is 0 Å². The summed E-state index contributed by atoms with van der Waals surface area (Å²) in [5.41, 5.74) is 4.89. The third kappa shape index (κ3) is 3.70. The van der Waals surface area contributed by atoms with Crippen LogP contribution in [0.15, 0.2) is 77.7 Å². The fourth-order valence-electron chi connectivity index (χ4n) is 2.22. The van der Waals surface area contributed by atoms with Gasteiger partial charge in [-0.3, -0.25) is 10.4 Å². The number of benzene rings is 2. The quantitative estimate of drug-likeness (QED) is 0.415. The van der Waals surface area contributed by atoms with E-state index in [-0.39, 0.29) is 0 Å². The van der Waals surface area contributed by atoms with Gasteiger partial charge in [0.15, 0.2) is 5.11 Å². The van der Waals surface area contributed by atoms with Crippen LogP contribution in [0.4, 0.5) is 11.6 Å². The van der Waals surface area contributed by atoms with E-state index >= 15 is 0 Å². The van der Waals surface area contributed by atoms with Gasteiger partial charge in [0, 0.05) is 17.1 Å². The molecule has 0 radical (unpaired) electrons. The Balaban J connectivity index is 1.75. The highest BCUT2D eigenvalue weighted by Gasteiger charge is 2.12. The predicted octanol–water partition coefficient (Wildman–Crippen LogP) is 4.33. The van der Waals surface area contributed by atoms with E-state index in [0.717, 1.165) is 16.7 Å². The van der Waals surface area contributed by atoms with Crippen LogP contribution in [0.3, 0.4) is 0 Å². The summed E-state index contributed by atoms with van der Waals surface area (Å²) in [4.78, 5) is 0. The molecule has 116 valence electrons. The second-order valence-corrected chi connectivity index (χ2v) is 5.36. The van der Waals surface area contributed by atoms with Crippen molar-refractivity contribution in [2.75, 3.05) is 16.9 Å². The zero-order valence-electron chi connectivity index (χ0n) is 12.5. The summed E-state index contributed by atoms with van der Waals surface area (Å²) in [5.74, 6) is 0.684. The third-order valence-electron chi connectivity index (χ3n) is 3.26. The number of hydrogen-bond acceptors (Lipinski definition) is 3. The molecule has 3 aromatic rings. The standard InChI is InChI=1S/C18H17N3OS/c1-2-12-21(17-13-14-8-6-7-11-16(14)22-17)20-18(23)19-15-9-4-3-5-10-15/h2-11,13H,1,12H2,(H2,19,20,23). The Labute approximate surface area is 140 Å². The Morgan fingerprint density at radius 1 is 1.13 bits per heavy atom. The summed E-state index contributed by atoms with van der Waals surface area (Å²) in [6, 6.07) is 19.6. The number of rotatable bonds is 5. The summed E-state index contributed by atoms with van der Waals surface area (Å²) in [6.45, 7) is 4.34. The van der Waals surface area contributed by atoms with Crippen LogP contribution in [-0.4, -0.2) is 11.7 Å². The summed E-state index contributed by atoms with van der Waals surface area (Å²) in [6.07, 6.45) is 1.78. The van der Waals surface area contributed by atoms with Crippen LogP contribution < -0.4 is 15.8 Å². The molecule has 1 aromatic heterocycles. The zero-order valence-corrected chi connectivity index (χ0v) is 13.3. The third-order valence-corrected chi connectivity index (χ3v) is 3.45. The molecule has 0 amide bonds. The van der Waals surface area contributed by atoms with Crippen molar-refractivity contribution in [1.82, 2.24) is 5.43 Å². The van der Waals surface area contributed by atoms with Gasteiger partial charge in [-0.15, -0.1) is 6.58 Å². The molecule has 2 aromatic carbocycles. The normalized spacial score (nSPS) is 10.3. The lowest BCUT2D eigenvalue weighted by Gasteiger charge is -2.23. The number of anilines is 2. The van der Waals surface area contributed by atoms with Crippen molar-refractivity contribution < 1.29 is 4.42 Å². The maximum Gasteiger partial charge on any atom is 0.215 e. The van der Waals surface area contributed by atoms with Crippen LogP contribution in [0, 0.1) is 0 Å². The minimum absolute atomic E-state index is 0.485. The first-order valence-corrected chi connectivity index (χ1v) is 7.67. The van der Waals surface area contributed by atoms with Crippen LogP contribution in [0.25, 0.3) is 11.0 Å². The minimum Gasteiger partial charge on any atom is -0.439 e. The van der Waals surface area contributed by atoms with Crippen molar-refractivity contribution in [2.24, 2.45) is 0 Å². The largest absolute Gasteiger partial charge is 0.439 e. The van der Waals surface area contributed by atoms with Crippen molar-refractivity contribution in [3.63, 3.8) is 0 Å². The van der Waals surface area contributed by atoms with Gasteiger partial charge >= 0.3 is 0 Å². The smallest absolute Gasteiger partial charge is 0.215 e. The van der Waals surface area contributed by atoms with E-state index in [1.807, 2.05) is 65.7 Å². The second-order valence-electron chi connectivity index (χ2n) is 4.95. The second kappa shape index (κ2) is 6.98. The first kappa shape index (κ1) is 15.1. The highest BCUT2D eigenvalue weighted by molar-refractivity contribution is 7.80. The fraction of sp³-hybridized carbons (Fsp3) is 0.0556. The van der Waals surface area contributed by atoms with E-state index in [4.69, 9.17) is 16.6 Å². The lowest BCUT2D eigenvalue weighted by Crippen LogP contribution is -2.44. The van der Waals surface area contributed by atoms with Crippen LogP contribution in [0.2, 0.25) is 0 Å². The Morgan fingerprint density at radius 2 is 1.87 bits per heavy atom. The summed E-state index contributed by atoms with van der Waals surface area (Å²) >= 11 is 5.37. The molecule has 1 heterocycles. The molecule has 23 heavy (non-hydrogen) atoms. The molecule has 0 atom stereocenters. The van der Waals surface area contributed by atoms with E-state index in [9.17, 15) is 0 Å². The lowest BCUT2D eigenvalue weighted by atomic mass is 10.3. The van der Waals surface area contributed by atoms with Crippen molar-refractivity contribution in [1.29, 1.82) is 0 Å². The number of furan rings is 1. The molecular formula is C18H17N3OS. The fourth-order valence-corrected chi connectivity index (χ4v) is 2.45. The average molecular weight is 323 g/mol. The van der Waals surface area contributed by atoms with Gasteiger partial charge in [0.05, 0.1) is 6.54 Å². The van der Waals surface area contributed by atoms with Gasteiger partial charge in [0.2, 0.25) is 5.88 Å². The molecule has 0 saturated carbocycles. The molecule has 4 nitrogen and oxygen atoms in total. The molecule has 0 unspecified atom stereocenters. The number of nitrogens with one attached hydrogen (secondary N) is 2. The average Bonchev–Trinajstić information content (AvgIpc) is 2.99. The summed E-state index contributed by atoms with van der Waals surface area (Å²) in [5, 5.41) is 6.47. The first-order chi connectivity index (χ1) is 11.3. The van der Waals surface area contributed by atoms with Gasteiger partial charge in [-0.05, 0) is 30.4 Å². The van der Waals surface area contributed by atoms with Gasteiger partial charge < -0.3 is 9.73 Å². The Morgan fingerprint density at radius 3 is 2.61 bits per heavy atom. The molecule has 0 saturated heterocycles. The Bertz CT molecular complexity index is 780. The van der Waals surface area contributed by atoms with Crippen LogP contribution >= 0.6 is 12.2 Å². The zero-order chi connectivity index (χ0) is 16.1.